The lowest BCUT2D eigenvalue weighted by atomic mass is 10.4. The van der Waals surface area contributed by atoms with E-state index in [-0.39, 0.29) is 6.54 Å². The molecule has 0 saturated carbocycles. The van der Waals surface area contributed by atoms with Crippen LogP contribution in [0.4, 0.5) is 3.89 Å². The van der Waals surface area contributed by atoms with Crippen LogP contribution in [0.5, 0.6) is 0 Å². The molecule has 0 unspecified atom stereocenters. The Morgan fingerprint density at radius 3 is 2.42 bits per heavy atom. The summed E-state index contributed by atoms with van der Waals surface area (Å²) in [5.74, 6) is -0.410. The van der Waals surface area contributed by atoms with E-state index in [1.807, 2.05) is 4.90 Å². The molecule has 12 heavy (non-hydrogen) atoms. The molecule has 0 bridgehead atoms. The number of hydrogen-bond donors (Lipinski definition) is 0. The van der Waals surface area contributed by atoms with E-state index in [2.05, 4.69) is 0 Å². The highest BCUT2D eigenvalue weighted by Crippen LogP contribution is 1.98. The second kappa shape index (κ2) is 4.15. The van der Waals surface area contributed by atoms with E-state index in [1.54, 1.807) is 0 Å². The number of ether oxygens (including phenoxy) is 1. The molecule has 0 atom stereocenters. The molecule has 72 valence electrons. The molecular formula is C6H12FNO3S. The van der Waals surface area contributed by atoms with E-state index in [0.717, 1.165) is 0 Å². The van der Waals surface area contributed by atoms with Crippen molar-refractivity contribution in [2.24, 2.45) is 0 Å². The summed E-state index contributed by atoms with van der Waals surface area (Å²) in [6, 6.07) is 0. The highest BCUT2D eigenvalue weighted by atomic mass is 32.3. The maximum Gasteiger partial charge on any atom is 0.303 e. The first-order valence-corrected chi connectivity index (χ1v) is 5.35. The molecular weight excluding hydrogens is 185 g/mol. The van der Waals surface area contributed by atoms with Gasteiger partial charge in [-0.15, -0.1) is 3.89 Å². The molecule has 0 aromatic rings. The summed E-state index contributed by atoms with van der Waals surface area (Å²) in [6.45, 7) is 2.85. The van der Waals surface area contributed by atoms with Gasteiger partial charge in [-0.25, -0.2) is 0 Å². The third-order valence-electron chi connectivity index (χ3n) is 1.76. The Morgan fingerprint density at radius 1 is 1.33 bits per heavy atom. The van der Waals surface area contributed by atoms with E-state index < -0.39 is 16.0 Å². The lowest BCUT2D eigenvalue weighted by Gasteiger charge is -2.25. The second-order valence-electron chi connectivity index (χ2n) is 2.70. The normalized spacial score (nSPS) is 21.1. The van der Waals surface area contributed by atoms with Crippen molar-refractivity contribution in [3.05, 3.63) is 0 Å². The standard InChI is InChI=1S/C6H12FNO3S/c7-12(9,10)6-3-8-1-4-11-5-2-8/h1-6H2. The zero-order valence-corrected chi connectivity index (χ0v) is 7.52. The molecule has 6 heteroatoms. The monoisotopic (exact) mass is 197 g/mol. The Morgan fingerprint density at radius 2 is 1.92 bits per heavy atom. The predicted octanol–water partition coefficient (Wildman–Crippen LogP) is -0.382. The molecule has 0 aromatic heterocycles. The summed E-state index contributed by atoms with van der Waals surface area (Å²) >= 11 is 0. The average Bonchev–Trinajstić information content (AvgIpc) is 2.02. The highest BCUT2D eigenvalue weighted by Gasteiger charge is 2.14. The van der Waals surface area contributed by atoms with Gasteiger partial charge in [-0.1, -0.05) is 0 Å². The smallest absolute Gasteiger partial charge is 0.303 e. The molecule has 1 heterocycles. The van der Waals surface area contributed by atoms with Gasteiger partial charge in [0, 0.05) is 19.6 Å². The molecule has 1 rings (SSSR count). The van der Waals surface area contributed by atoms with Crippen LogP contribution in [0.1, 0.15) is 0 Å². The van der Waals surface area contributed by atoms with Gasteiger partial charge in [0.05, 0.1) is 19.0 Å². The van der Waals surface area contributed by atoms with Gasteiger partial charge in [0.25, 0.3) is 0 Å². The molecule has 1 fully saturated rings. The van der Waals surface area contributed by atoms with Crippen LogP contribution in [0.2, 0.25) is 0 Å². The number of nitrogens with zero attached hydrogens (tertiary/aromatic N) is 1. The maximum absolute atomic E-state index is 12.1. The minimum Gasteiger partial charge on any atom is -0.379 e. The summed E-state index contributed by atoms with van der Waals surface area (Å²) in [5, 5.41) is 0. The molecule has 0 N–H and O–H groups in total. The summed E-state index contributed by atoms with van der Waals surface area (Å²) in [6.07, 6.45) is 0. The van der Waals surface area contributed by atoms with Crippen LogP contribution < -0.4 is 0 Å². The van der Waals surface area contributed by atoms with E-state index in [1.165, 1.54) is 0 Å². The molecule has 1 aliphatic rings. The SMILES string of the molecule is O=S(=O)(F)CCN1CCOCC1. The Bertz CT molecular complexity index is 223. The molecule has 0 spiro atoms. The summed E-state index contributed by atoms with van der Waals surface area (Å²) < 4.78 is 37.4. The third-order valence-corrected chi connectivity index (χ3v) is 2.43. The Labute approximate surface area is 71.5 Å². The Hall–Kier alpha value is -0.200. The van der Waals surface area contributed by atoms with Gasteiger partial charge in [-0.3, -0.25) is 4.90 Å². The fourth-order valence-corrected chi connectivity index (χ4v) is 1.54. The molecule has 4 nitrogen and oxygen atoms in total. The van der Waals surface area contributed by atoms with Crippen LogP contribution in [0.15, 0.2) is 0 Å². The van der Waals surface area contributed by atoms with Crippen LogP contribution >= 0.6 is 0 Å². The van der Waals surface area contributed by atoms with Crippen molar-refractivity contribution in [2.45, 2.75) is 0 Å². The molecule has 1 aliphatic heterocycles. The van der Waals surface area contributed by atoms with Gasteiger partial charge in [-0.05, 0) is 0 Å². The van der Waals surface area contributed by atoms with Gasteiger partial charge in [0.2, 0.25) is 0 Å². The van der Waals surface area contributed by atoms with Crippen LogP contribution in [0.25, 0.3) is 0 Å². The molecule has 0 aliphatic carbocycles. The Kier molecular flexibility index (Phi) is 3.42. The fraction of sp³-hybridized carbons (Fsp3) is 1.00. The van der Waals surface area contributed by atoms with E-state index in [4.69, 9.17) is 4.74 Å². The van der Waals surface area contributed by atoms with Crippen LogP contribution in [0.3, 0.4) is 0 Å². The minimum absolute atomic E-state index is 0.266. The fourth-order valence-electron chi connectivity index (χ4n) is 1.06. The third kappa shape index (κ3) is 3.99. The van der Waals surface area contributed by atoms with Crippen LogP contribution in [0, 0.1) is 0 Å². The molecule has 0 aromatic carbocycles. The van der Waals surface area contributed by atoms with Crippen molar-refractivity contribution < 1.29 is 17.0 Å². The topological polar surface area (TPSA) is 46.6 Å². The van der Waals surface area contributed by atoms with Crippen molar-refractivity contribution in [3.8, 4) is 0 Å². The van der Waals surface area contributed by atoms with Crippen molar-refractivity contribution >= 4 is 10.2 Å². The number of rotatable bonds is 3. The van der Waals surface area contributed by atoms with E-state index in [0.29, 0.717) is 26.3 Å². The van der Waals surface area contributed by atoms with Crippen molar-refractivity contribution in [3.63, 3.8) is 0 Å². The van der Waals surface area contributed by atoms with Gasteiger partial charge in [0.15, 0.2) is 0 Å². The number of halogens is 1. The van der Waals surface area contributed by atoms with Crippen LogP contribution in [-0.4, -0.2) is 51.9 Å². The largest absolute Gasteiger partial charge is 0.379 e. The lowest BCUT2D eigenvalue weighted by Crippen LogP contribution is -2.38. The molecule has 1 saturated heterocycles. The first-order valence-electron chi connectivity index (χ1n) is 3.80. The lowest BCUT2D eigenvalue weighted by molar-refractivity contribution is 0.0407. The number of hydrogen-bond acceptors (Lipinski definition) is 4. The summed E-state index contributed by atoms with van der Waals surface area (Å²) in [7, 11) is -4.31. The highest BCUT2D eigenvalue weighted by molar-refractivity contribution is 7.86. The average molecular weight is 197 g/mol. The van der Waals surface area contributed by atoms with Crippen LogP contribution in [-0.2, 0) is 15.0 Å². The van der Waals surface area contributed by atoms with Crippen molar-refractivity contribution in [1.29, 1.82) is 0 Å². The van der Waals surface area contributed by atoms with Gasteiger partial charge >= 0.3 is 10.2 Å². The van der Waals surface area contributed by atoms with Gasteiger partial charge < -0.3 is 4.74 Å². The predicted molar refractivity (Wildman–Crippen MR) is 42.2 cm³/mol. The first-order chi connectivity index (χ1) is 5.58. The first kappa shape index (κ1) is 9.88. The quantitative estimate of drug-likeness (QED) is 0.578. The summed E-state index contributed by atoms with van der Waals surface area (Å²) in [5.41, 5.74) is 0. The van der Waals surface area contributed by atoms with Gasteiger partial charge in [0.1, 0.15) is 0 Å². The second-order valence-corrected chi connectivity index (χ2v) is 4.18. The van der Waals surface area contributed by atoms with E-state index >= 15 is 0 Å². The van der Waals surface area contributed by atoms with Crippen molar-refractivity contribution in [1.82, 2.24) is 4.90 Å². The minimum atomic E-state index is -4.31. The summed E-state index contributed by atoms with van der Waals surface area (Å²) in [4.78, 5) is 1.88. The van der Waals surface area contributed by atoms with Crippen molar-refractivity contribution in [2.75, 3.05) is 38.6 Å². The van der Waals surface area contributed by atoms with E-state index in [9.17, 15) is 12.3 Å². The molecule has 0 amide bonds. The maximum atomic E-state index is 12.1. The van der Waals surface area contributed by atoms with Gasteiger partial charge in [-0.2, -0.15) is 8.42 Å². The zero-order valence-electron chi connectivity index (χ0n) is 6.70. The number of morpholine rings is 1. The zero-order chi connectivity index (χ0) is 9.03. The Balaban J connectivity index is 2.22. The molecule has 0 radical (unpaired) electrons.